The lowest BCUT2D eigenvalue weighted by Gasteiger charge is -2.22. The number of hydrogen-bond donors (Lipinski definition) is 1. The fraction of sp³-hybridized carbons (Fsp3) is 0.107. The van der Waals surface area contributed by atoms with Crippen LogP contribution in [0.5, 0.6) is 0 Å². The molecule has 4 heterocycles. The Morgan fingerprint density at radius 1 is 1.00 bits per heavy atom. The van der Waals surface area contributed by atoms with Crippen molar-refractivity contribution in [2.75, 3.05) is 4.90 Å². The van der Waals surface area contributed by atoms with Crippen molar-refractivity contribution in [2.45, 2.75) is 23.1 Å². The van der Waals surface area contributed by atoms with E-state index in [9.17, 15) is 14.7 Å². The molecule has 0 saturated carbocycles. The van der Waals surface area contributed by atoms with Crippen LogP contribution in [0.3, 0.4) is 0 Å². The first-order valence-electron chi connectivity index (χ1n) is 12.1. The van der Waals surface area contributed by atoms with Gasteiger partial charge in [-0.2, -0.15) is 0 Å². The van der Waals surface area contributed by atoms with Crippen LogP contribution < -0.4 is 4.90 Å². The molecule has 1 N–H and O–H groups in total. The third-order valence-electron chi connectivity index (χ3n) is 6.54. The molecule has 1 amide bonds. The maximum absolute atomic E-state index is 13.6. The number of amides is 1. The largest absolute Gasteiger partial charge is 0.505 e. The van der Waals surface area contributed by atoms with E-state index in [1.807, 2.05) is 30.3 Å². The summed E-state index contributed by atoms with van der Waals surface area (Å²) >= 11 is 21.4. The number of anilines is 1. The van der Waals surface area contributed by atoms with E-state index in [-0.39, 0.29) is 21.5 Å². The van der Waals surface area contributed by atoms with Crippen LogP contribution in [0.4, 0.5) is 5.13 Å². The van der Waals surface area contributed by atoms with Crippen molar-refractivity contribution in [3.05, 3.63) is 110 Å². The average molecular weight is 643 g/mol. The number of aryl methyl sites for hydroxylation is 1. The van der Waals surface area contributed by atoms with Gasteiger partial charge >= 0.3 is 5.91 Å². The minimum atomic E-state index is -1.05. The number of aromatic nitrogens is 4. The average Bonchev–Trinajstić information content (AvgIpc) is 3.63. The lowest BCUT2D eigenvalue weighted by molar-refractivity contribution is -0.132. The zero-order valence-corrected chi connectivity index (χ0v) is 25.0. The Hall–Kier alpha value is -3.41. The number of ketones is 1. The van der Waals surface area contributed by atoms with E-state index in [0.29, 0.717) is 42.7 Å². The summed E-state index contributed by atoms with van der Waals surface area (Å²) in [5, 5.41) is 21.5. The fourth-order valence-electron chi connectivity index (χ4n) is 4.67. The van der Waals surface area contributed by atoms with E-state index in [0.717, 1.165) is 16.9 Å². The summed E-state index contributed by atoms with van der Waals surface area (Å²) in [6.45, 7) is 1.72. The van der Waals surface area contributed by atoms with Crippen molar-refractivity contribution in [2.24, 2.45) is 0 Å². The van der Waals surface area contributed by atoms with Crippen LogP contribution in [0.25, 0.3) is 11.4 Å². The minimum Gasteiger partial charge on any atom is -0.505 e. The van der Waals surface area contributed by atoms with Crippen LogP contribution in [-0.2, 0) is 15.3 Å². The molecule has 206 valence electrons. The van der Waals surface area contributed by atoms with Crippen LogP contribution in [0, 0.1) is 6.92 Å². The standard InChI is InChI=1S/C28H18Cl3N5O3S2/c1-14-22(35-11-5-4-8-20(35)32-14)24(37)21-23(15-9-10-18(30)19(31)12-15)36(26(39)25(21)38)27-33-34-28(41-27)40-13-16-6-2-3-7-17(16)29/h2-12,23,37H,13H2,1H3. The van der Waals surface area contributed by atoms with Crippen LogP contribution in [-0.4, -0.2) is 36.4 Å². The fourth-order valence-corrected chi connectivity index (χ4v) is 7.13. The lowest BCUT2D eigenvalue weighted by Crippen LogP contribution is -2.29. The highest BCUT2D eigenvalue weighted by Gasteiger charge is 2.49. The second kappa shape index (κ2) is 11.1. The van der Waals surface area contributed by atoms with Gasteiger partial charge in [0.05, 0.1) is 27.4 Å². The molecule has 1 aliphatic heterocycles. The van der Waals surface area contributed by atoms with Crippen LogP contribution >= 0.6 is 57.9 Å². The molecule has 2 aromatic carbocycles. The summed E-state index contributed by atoms with van der Waals surface area (Å²) in [5.74, 6) is -1.55. The van der Waals surface area contributed by atoms with Gasteiger partial charge in [0, 0.05) is 17.0 Å². The second-order valence-corrected chi connectivity index (χ2v) is 12.4. The monoisotopic (exact) mass is 641 g/mol. The molecular formula is C28H18Cl3N5O3S2. The Bertz CT molecular complexity index is 1890. The molecule has 1 atom stereocenters. The predicted molar refractivity (Wildman–Crippen MR) is 162 cm³/mol. The zero-order valence-electron chi connectivity index (χ0n) is 21.1. The number of aliphatic hydroxyl groups is 1. The highest BCUT2D eigenvalue weighted by atomic mass is 35.5. The normalized spacial score (nSPS) is 16.7. The van der Waals surface area contributed by atoms with E-state index < -0.39 is 17.7 Å². The smallest absolute Gasteiger partial charge is 0.301 e. The van der Waals surface area contributed by atoms with E-state index in [4.69, 9.17) is 34.8 Å². The maximum atomic E-state index is 13.6. The zero-order chi connectivity index (χ0) is 28.8. The van der Waals surface area contributed by atoms with Gasteiger partial charge in [-0.3, -0.25) is 18.9 Å². The number of fused-ring (bicyclic) bond motifs is 1. The minimum absolute atomic E-state index is 0.123. The molecule has 5 aromatic rings. The summed E-state index contributed by atoms with van der Waals surface area (Å²) in [6, 6.07) is 16.6. The number of Topliss-reactive ketones (excluding diaryl/α,β-unsaturated/α-hetero) is 1. The van der Waals surface area contributed by atoms with Crippen molar-refractivity contribution in [3.63, 3.8) is 0 Å². The third kappa shape index (κ3) is 5.00. The van der Waals surface area contributed by atoms with Gasteiger partial charge in [-0.25, -0.2) is 4.98 Å². The number of imidazole rings is 1. The quantitative estimate of drug-likeness (QED) is 0.0678. The SMILES string of the molecule is Cc1nc2ccccn2c1C(O)=C1C(=O)C(=O)N(c2nnc(SCc3ccccc3Cl)s2)C1c1ccc(Cl)c(Cl)c1. The molecule has 6 rings (SSSR count). The van der Waals surface area contributed by atoms with Crippen molar-refractivity contribution in [1.29, 1.82) is 0 Å². The summed E-state index contributed by atoms with van der Waals surface area (Å²) < 4.78 is 2.24. The first-order valence-corrected chi connectivity index (χ1v) is 15.1. The van der Waals surface area contributed by atoms with Gasteiger partial charge in [-0.15, -0.1) is 10.2 Å². The highest BCUT2D eigenvalue weighted by molar-refractivity contribution is 8.00. The van der Waals surface area contributed by atoms with Gasteiger partial charge in [-0.05, 0) is 48.4 Å². The van der Waals surface area contributed by atoms with Crippen LogP contribution in [0.15, 0.2) is 76.8 Å². The molecule has 3 aromatic heterocycles. The number of halogens is 3. The molecule has 0 spiro atoms. The van der Waals surface area contributed by atoms with E-state index >= 15 is 0 Å². The second-order valence-electron chi connectivity index (χ2n) is 9.05. The Morgan fingerprint density at radius 3 is 2.56 bits per heavy atom. The van der Waals surface area contributed by atoms with E-state index in [2.05, 4.69) is 15.2 Å². The molecule has 1 aliphatic rings. The molecular weight excluding hydrogens is 625 g/mol. The van der Waals surface area contributed by atoms with E-state index in [1.165, 1.54) is 16.7 Å². The summed E-state index contributed by atoms with van der Waals surface area (Å²) in [7, 11) is 0. The van der Waals surface area contributed by atoms with Gasteiger partial charge in [0.1, 0.15) is 11.3 Å². The van der Waals surface area contributed by atoms with Crippen LogP contribution in [0.1, 0.15) is 28.6 Å². The Morgan fingerprint density at radius 2 is 1.78 bits per heavy atom. The topological polar surface area (TPSA) is 101 Å². The number of thioether (sulfide) groups is 1. The van der Waals surface area contributed by atoms with Gasteiger partial charge in [-0.1, -0.05) is 88.2 Å². The van der Waals surface area contributed by atoms with Gasteiger partial charge in [0.25, 0.3) is 5.78 Å². The summed E-state index contributed by atoms with van der Waals surface area (Å²) in [4.78, 5) is 32.9. The number of benzene rings is 2. The van der Waals surface area contributed by atoms with Crippen LogP contribution in [0.2, 0.25) is 15.1 Å². The summed E-state index contributed by atoms with van der Waals surface area (Å²) in [6.07, 6.45) is 1.72. The number of carbonyl (C=O) groups excluding carboxylic acids is 2. The Kier molecular flexibility index (Phi) is 7.52. The predicted octanol–water partition coefficient (Wildman–Crippen LogP) is 7.37. The number of aliphatic hydroxyl groups excluding tert-OH is 1. The molecule has 1 fully saturated rings. The van der Waals surface area contributed by atoms with Gasteiger partial charge in [0.2, 0.25) is 5.13 Å². The number of pyridine rings is 1. The molecule has 0 aliphatic carbocycles. The molecule has 41 heavy (non-hydrogen) atoms. The first kappa shape index (κ1) is 27.7. The van der Waals surface area contributed by atoms with Crippen molar-refractivity contribution in [1.82, 2.24) is 19.6 Å². The maximum Gasteiger partial charge on any atom is 0.301 e. The lowest BCUT2D eigenvalue weighted by atomic mass is 9.96. The number of nitrogens with zero attached hydrogens (tertiary/aromatic N) is 5. The first-order chi connectivity index (χ1) is 19.7. The van der Waals surface area contributed by atoms with Crippen molar-refractivity contribution in [3.8, 4) is 0 Å². The Balaban J connectivity index is 1.46. The number of hydrogen-bond acceptors (Lipinski definition) is 8. The van der Waals surface area contributed by atoms with Crippen molar-refractivity contribution >= 4 is 86.1 Å². The van der Waals surface area contributed by atoms with Gasteiger partial charge in [0.15, 0.2) is 10.1 Å². The molecule has 8 nitrogen and oxygen atoms in total. The van der Waals surface area contributed by atoms with E-state index in [1.54, 1.807) is 47.9 Å². The third-order valence-corrected chi connectivity index (χ3v) is 9.76. The van der Waals surface area contributed by atoms with Crippen molar-refractivity contribution < 1.29 is 14.7 Å². The summed E-state index contributed by atoms with van der Waals surface area (Å²) in [5.41, 5.74) is 2.64. The molecule has 0 radical (unpaired) electrons. The molecule has 1 saturated heterocycles. The molecule has 1 unspecified atom stereocenters. The molecule has 13 heteroatoms. The number of rotatable bonds is 6. The highest BCUT2D eigenvalue weighted by Crippen LogP contribution is 2.45. The molecule has 0 bridgehead atoms. The Labute approximate surface area is 257 Å². The number of carbonyl (C=O) groups is 2. The van der Waals surface area contributed by atoms with Gasteiger partial charge < -0.3 is 5.11 Å².